The third-order valence-corrected chi connectivity index (χ3v) is 9.16. The molecule has 2 nitrogen and oxygen atoms in total. The summed E-state index contributed by atoms with van der Waals surface area (Å²) in [7, 11) is 0. The van der Waals surface area contributed by atoms with Crippen LogP contribution >= 0.6 is 0 Å². The highest BCUT2D eigenvalue weighted by molar-refractivity contribution is 6.15. The molecule has 0 bridgehead atoms. The van der Waals surface area contributed by atoms with Crippen LogP contribution in [0.25, 0.3) is 82.8 Å². The third-order valence-electron chi connectivity index (χ3n) is 9.16. The second-order valence-corrected chi connectivity index (χ2v) is 11.8. The summed E-state index contributed by atoms with van der Waals surface area (Å²) >= 11 is 0. The van der Waals surface area contributed by atoms with E-state index in [4.69, 9.17) is 4.42 Å². The number of rotatable bonds is 4. The molecule has 0 saturated heterocycles. The minimum Gasteiger partial charge on any atom is -0.456 e. The number of benzene rings is 7. The predicted molar refractivity (Wildman–Crippen MR) is 189 cm³/mol. The summed E-state index contributed by atoms with van der Waals surface area (Å²) in [5.74, 6) is 0. The van der Waals surface area contributed by atoms with Crippen LogP contribution in [-0.4, -0.2) is 4.57 Å². The second kappa shape index (κ2) is 10.1. The van der Waals surface area contributed by atoms with Gasteiger partial charge >= 0.3 is 0 Å². The van der Waals surface area contributed by atoms with Gasteiger partial charge in [-0.3, -0.25) is 0 Å². The molecule has 2 heteroatoms. The van der Waals surface area contributed by atoms with Crippen LogP contribution in [0.3, 0.4) is 0 Å². The smallest absolute Gasteiger partial charge is 0.136 e. The molecule has 2 heterocycles. The molecule has 2 aromatic heterocycles. The molecule has 212 valence electrons. The van der Waals surface area contributed by atoms with E-state index in [0.717, 1.165) is 22.2 Å². The summed E-state index contributed by atoms with van der Waals surface area (Å²) in [6.07, 6.45) is 0. The second-order valence-electron chi connectivity index (χ2n) is 11.8. The van der Waals surface area contributed by atoms with Crippen molar-refractivity contribution in [2.24, 2.45) is 0 Å². The first-order valence-corrected chi connectivity index (χ1v) is 15.4. The van der Waals surface area contributed by atoms with Crippen molar-refractivity contribution < 1.29 is 4.42 Å². The van der Waals surface area contributed by atoms with Crippen molar-refractivity contribution in [3.63, 3.8) is 0 Å². The van der Waals surface area contributed by atoms with Gasteiger partial charge < -0.3 is 8.98 Å². The van der Waals surface area contributed by atoms with E-state index < -0.39 is 0 Å². The highest BCUT2D eigenvalue weighted by Gasteiger charge is 2.17. The van der Waals surface area contributed by atoms with Gasteiger partial charge in [-0.25, -0.2) is 0 Å². The molecule has 0 unspecified atom stereocenters. The predicted octanol–water partition coefficient (Wildman–Crippen LogP) is 12.0. The molecule has 0 spiro atoms. The Hall–Kier alpha value is -5.86. The van der Waals surface area contributed by atoms with Crippen LogP contribution in [0, 0.1) is 6.92 Å². The molecule has 0 aliphatic carbocycles. The van der Waals surface area contributed by atoms with Crippen molar-refractivity contribution in [1.29, 1.82) is 0 Å². The van der Waals surface area contributed by atoms with Crippen molar-refractivity contribution in [2.45, 2.75) is 6.92 Å². The SMILES string of the molecule is Cc1cccc2c1c1cc(-c3cccc4oc5ccccc5c34)ccc1n2-c1ccc(-c2ccc(-c3ccccc3)cc2)cc1. The summed E-state index contributed by atoms with van der Waals surface area (Å²) in [6, 6.07) is 56.5. The van der Waals surface area contributed by atoms with Crippen LogP contribution < -0.4 is 0 Å². The molecule has 0 fully saturated rings. The summed E-state index contributed by atoms with van der Waals surface area (Å²) in [4.78, 5) is 0. The van der Waals surface area contributed by atoms with Crippen LogP contribution in [0.4, 0.5) is 0 Å². The molecule has 0 radical (unpaired) electrons. The van der Waals surface area contributed by atoms with Crippen molar-refractivity contribution in [2.75, 3.05) is 0 Å². The van der Waals surface area contributed by atoms with E-state index in [9.17, 15) is 0 Å². The van der Waals surface area contributed by atoms with Crippen LogP contribution in [0.15, 0.2) is 162 Å². The molecule has 0 aliphatic heterocycles. The molecule has 0 N–H and O–H groups in total. The van der Waals surface area contributed by atoms with Crippen molar-refractivity contribution >= 4 is 43.7 Å². The van der Waals surface area contributed by atoms with Gasteiger partial charge in [0.05, 0.1) is 11.0 Å². The summed E-state index contributed by atoms with van der Waals surface area (Å²) in [6.45, 7) is 2.21. The largest absolute Gasteiger partial charge is 0.456 e. The minimum absolute atomic E-state index is 0.919. The molecule has 0 saturated carbocycles. The molecule has 7 aromatic carbocycles. The van der Waals surface area contributed by atoms with Crippen LogP contribution in [0.2, 0.25) is 0 Å². The lowest BCUT2D eigenvalue weighted by atomic mass is 9.97. The van der Waals surface area contributed by atoms with E-state index in [1.165, 1.54) is 66.1 Å². The normalized spacial score (nSPS) is 11.7. The number of hydrogen-bond acceptors (Lipinski definition) is 1. The van der Waals surface area contributed by atoms with Gasteiger partial charge in [0.15, 0.2) is 0 Å². The Balaban J connectivity index is 1.16. The van der Waals surface area contributed by atoms with E-state index in [1.54, 1.807) is 0 Å². The quantitative estimate of drug-likeness (QED) is 0.204. The maximum Gasteiger partial charge on any atom is 0.136 e. The Morgan fingerprint density at radius 1 is 0.422 bits per heavy atom. The van der Waals surface area contributed by atoms with Crippen LogP contribution in [-0.2, 0) is 0 Å². The van der Waals surface area contributed by atoms with E-state index in [0.29, 0.717) is 0 Å². The number of aromatic nitrogens is 1. The fourth-order valence-corrected chi connectivity index (χ4v) is 7.00. The molecule has 0 aliphatic rings. The van der Waals surface area contributed by atoms with E-state index in [2.05, 4.69) is 157 Å². The highest BCUT2D eigenvalue weighted by atomic mass is 16.3. The van der Waals surface area contributed by atoms with E-state index in [1.807, 2.05) is 12.1 Å². The zero-order valence-electron chi connectivity index (χ0n) is 24.9. The molecule has 45 heavy (non-hydrogen) atoms. The first-order chi connectivity index (χ1) is 22.2. The van der Waals surface area contributed by atoms with Crippen molar-refractivity contribution in [3.05, 3.63) is 163 Å². The number of furan rings is 1. The lowest BCUT2D eigenvalue weighted by Gasteiger charge is -2.11. The van der Waals surface area contributed by atoms with Gasteiger partial charge in [0, 0.05) is 27.2 Å². The minimum atomic E-state index is 0.919. The highest BCUT2D eigenvalue weighted by Crippen LogP contribution is 2.40. The van der Waals surface area contributed by atoms with Crippen molar-refractivity contribution in [3.8, 4) is 39.1 Å². The number of aryl methyl sites for hydroxylation is 1. The zero-order valence-corrected chi connectivity index (χ0v) is 24.9. The fourth-order valence-electron chi connectivity index (χ4n) is 7.00. The molecular formula is C43H29NO. The lowest BCUT2D eigenvalue weighted by molar-refractivity contribution is 0.669. The van der Waals surface area contributed by atoms with Crippen molar-refractivity contribution in [1.82, 2.24) is 4.57 Å². The molecule has 9 aromatic rings. The number of nitrogens with zero attached hydrogens (tertiary/aromatic N) is 1. The van der Waals surface area contributed by atoms with Gasteiger partial charge in [-0.1, -0.05) is 115 Å². The maximum atomic E-state index is 6.22. The Morgan fingerprint density at radius 2 is 1.04 bits per heavy atom. The van der Waals surface area contributed by atoms with Gasteiger partial charge in [0.1, 0.15) is 11.2 Å². The van der Waals surface area contributed by atoms with Crippen LogP contribution in [0.5, 0.6) is 0 Å². The van der Waals surface area contributed by atoms with Gasteiger partial charge in [-0.15, -0.1) is 0 Å². The average Bonchev–Trinajstić information content (AvgIpc) is 3.65. The first-order valence-electron chi connectivity index (χ1n) is 15.4. The molecular weight excluding hydrogens is 546 g/mol. The Morgan fingerprint density at radius 3 is 1.82 bits per heavy atom. The standard InChI is InChI=1S/C43H29NO/c1-28-9-7-14-39-42(28)37-27-33(35-13-8-16-41-43(35)36-12-5-6-15-40(36)45-41)23-26-38(37)44(39)34-24-21-32(22-25-34)31-19-17-30(18-20-31)29-10-3-2-4-11-29/h2-27H,1H3. The van der Waals surface area contributed by atoms with E-state index >= 15 is 0 Å². The average molecular weight is 576 g/mol. The number of hydrogen-bond donors (Lipinski definition) is 0. The maximum absolute atomic E-state index is 6.22. The third kappa shape index (κ3) is 4.11. The van der Waals surface area contributed by atoms with Gasteiger partial charge in [-0.2, -0.15) is 0 Å². The zero-order chi connectivity index (χ0) is 29.9. The summed E-state index contributed by atoms with van der Waals surface area (Å²) in [5.41, 5.74) is 14.0. The van der Waals surface area contributed by atoms with Crippen LogP contribution in [0.1, 0.15) is 5.56 Å². The Kier molecular flexibility index (Phi) is 5.76. The van der Waals surface area contributed by atoms with Gasteiger partial charge in [0.25, 0.3) is 0 Å². The monoisotopic (exact) mass is 575 g/mol. The first kappa shape index (κ1) is 25.6. The Labute approximate surface area is 261 Å². The van der Waals surface area contributed by atoms with Gasteiger partial charge in [-0.05, 0) is 88.3 Å². The number of para-hydroxylation sites is 1. The Bertz CT molecular complexity index is 2510. The van der Waals surface area contributed by atoms with E-state index in [-0.39, 0.29) is 0 Å². The van der Waals surface area contributed by atoms with Gasteiger partial charge in [0.2, 0.25) is 0 Å². The molecule has 0 atom stereocenters. The fraction of sp³-hybridized carbons (Fsp3) is 0.0233. The summed E-state index contributed by atoms with van der Waals surface area (Å²) < 4.78 is 8.62. The lowest BCUT2D eigenvalue weighted by Crippen LogP contribution is -1.94. The number of fused-ring (bicyclic) bond motifs is 6. The summed E-state index contributed by atoms with van der Waals surface area (Å²) in [5, 5.41) is 4.86. The molecule has 9 rings (SSSR count). The molecule has 0 amide bonds. The topological polar surface area (TPSA) is 18.1 Å².